The second-order valence-electron chi connectivity index (χ2n) is 5.31. The van der Waals surface area contributed by atoms with Crippen molar-refractivity contribution in [3.8, 4) is 0 Å². The highest BCUT2D eigenvalue weighted by Gasteiger charge is 2.46. The minimum absolute atomic E-state index is 0.00521. The van der Waals surface area contributed by atoms with E-state index in [1.54, 1.807) is 0 Å². The fourth-order valence-corrected chi connectivity index (χ4v) is 3.14. The average molecular weight is 266 g/mol. The summed E-state index contributed by atoms with van der Waals surface area (Å²) in [6.45, 7) is 2.26. The molecule has 2 fully saturated rings. The molecule has 0 aromatic heterocycles. The van der Waals surface area contributed by atoms with Crippen LogP contribution in [0.25, 0.3) is 0 Å². The van der Waals surface area contributed by atoms with E-state index in [0.29, 0.717) is 13.0 Å². The van der Waals surface area contributed by atoms with Crippen molar-refractivity contribution < 1.29 is 28.9 Å². The van der Waals surface area contributed by atoms with Gasteiger partial charge in [0, 0.05) is 5.92 Å². The average Bonchev–Trinajstić information content (AvgIpc) is 2.70. The molecule has 0 aromatic rings. The van der Waals surface area contributed by atoms with E-state index in [9.17, 15) is 14.4 Å². The third-order valence-electron chi connectivity index (χ3n) is 4.19. The fourth-order valence-electron chi connectivity index (χ4n) is 3.14. The first-order valence-corrected chi connectivity index (χ1v) is 6.32. The molecule has 0 aromatic carbocycles. The zero-order valence-electron chi connectivity index (χ0n) is 10.5. The van der Waals surface area contributed by atoms with Crippen LogP contribution in [0.5, 0.6) is 0 Å². The number of cyclic esters (lactones) is 2. The van der Waals surface area contributed by atoms with Gasteiger partial charge in [-0.05, 0) is 19.3 Å². The summed E-state index contributed by atoms with van der Waals surface area (Å²) in [5, 5.41) is 0. The largest absolute Gasteiger partial charge is 0.393 e. The molecule has 4 atom stereocenters. The molecule has 2 aliphatic heterocycles. The molecule has 0 N–H and O–H groups in total. The van der Waals surface area contributed by atoms with Gasteiger partial charge in [0.25, 0.3) is 0 Å². The Kier molecular flexibility index (Phi) is 2.89. The first-order valence-electron chi connectivity index (χ1n) is 6.32. The van der Waals surface area contributed by atoms with Crippen LogP contribution in [-0.4, -0.2) is 24.5 Å². The first-order chi connectivity index (χ1) is 9.06. The van der Waals surface area contributed by atoms with Crippen molar-refractivity contribution in [2.45, 2.75) is 19.8 Å². The number of rotatable bonds is 1. The number of esters is 2. The van der Waals surface area contributed by atoms with Crippen molar-refractivity contribution in [2.75, 3.05) is 6.61 Å². The van der Waals surface area contributed by atoms with Gasteiger partial charge in [-0.1, -0.05) is 11.6 Å². The van der Waals surface area contributed by atoms with Gasteiger partial charge in [0.2, 0.25) is 0 Å². The van der Waals surface area contributed by atoms with Crippen LogP contribution in [0, 0.1) is 23.7 Å². The summed E-state index contributed by atoms with van der Waals surface area (Å²) in [6.07, 6.45) is 2.56. The molecular weight excluding hydrogens is 252 g/mol. The molecule has 2 heterocycles. The smallest absolute Gasteiger partial charge is 0.346 e. The standard InChI is InChI=1S/C13H14O6/c1-6-2-7(8-4-11(14)18-12(8)15)3-9-10(6)5-17-19-13(9)16/h2,7-10H,3-5H2,1H3. The lowest BCUT2D eigenvalue weighted by Crippen LogP contribution is -2.40. The van der Waals surface area contributed by atoms with Gasteiger partial charge in [0.1, 0.15) is 6.61 Å². The zero-order chi connectivity index (χ0) is 13.6. The minimum atomic E-state index is -0.488. The van der Waals surface area contributed by atoms with E-state index in [0.717, 1.165) is 5.57 Å². The van der Waals surface area contributed by atoms with E-state index in [1.807, 2.05) is 13.0 Å². The Morgan fingerprint density at radius 1 is 1.11 bits per heavy atom. The number of allylic oxidation sites excluding steroid dienone is 1. The van der Waals surface area contributed by atoms with Gasteiger partial charge in [-0.2, -0.15) is 4.89 Å². The second kappa shape index (κ2) is 4.45. The van der Waals surface area contributed by atoms with E-state index in [4.69, 9.17) is 4.89 Å². The van der Waals surface area contributed by atoms with Crippen molar-refractivity contribution in [3.63, 3.8) is 0 Å². The van der Waals surface area contributed by atoms with Crippen molar-refractivity contribution in [1.29, 1.82) is 0 Å². The van der Waals surface area contributed by atoms with Crippen LogP contribution >= 0.6 is 0 Å². The van der Waals surface area contributed by atoms with Gasteiger partial charge in [0.15, 0.2) is 0 Å². The molecule has 0 amide bonds. The van der Waals surface area contributed by atoms with Crippen LogP contribution in [0.4, 0.5) is 0 Å². The third-order valence-corrected chi connectivity index (χ3v) is 4.19. The lowest BCUT2D eigenvalue weighted by atomic mass is 9.70. The Hall–Kier alpha value is -1.69. The Morgan fingerprint density at radius 2 is 1.89 bits per heavy atom. The molecule has 0 saturated carbocycles. The Bertz CT molecular complexity index is 480. The Labute approximate surface area is 109 Å². The summed E-state index contributed by atoms with van der Waals surface area (Å²) in [5.74, 6) is -2.29. The molecule has 0 radical (unpaired) electrons. The Morgan fingerprint density at radius 3 is 2.58 bits per heavy atom. The maximum atomic E-state index is 11.7. The van der Waals surface area contributed by atoms with E-state index in [-0.39, 0.29) is 24.2 Å². The lowest BCUT2D eigenvalue weighted by Gasteiger charge is -2.36. The number of hydrogen-bond donors (Lipinski definition) is 0. The van der Waals surface area contributed by atoms with Gasteiger partial charge in [0.05, 0.1) is 18.3 Å². The van der Waals surface area contributed by atoms with Crippen LogP contribution in [0.3, 0.4) is 0 Å². The number of fused-ring (bicyclic) bond motifs is 1. The van der Waals surface area contributed by atoms with Crippen molar-refractivity contribution in [2.24, 2.45) is 23.7 Å². The Balaban J connectivity index is 1.84. The highest BCUT2D eigenvalue weighted by molar-refractivity contribution is 5.95. The number of hydrogen-bond acceptors (Lipinski definition) is 6. The van der Waals surface area contributed by atoms with Gasteiger partial charge in [-0.3, -0.25) is 14.5 Å². The minimum Gasteiger partial charge on any atom is -0.393 e. The summed E-state index contributed by atoms with van der Waals surface area (Å²) in [5.41, 5.74) is 1.00. The van der Waals surface area contributed by atoms with Crippen molar-refractivity contribution in [1.82, 2.24) is 0 Å². The van der Waals surface area contributed by atoms with Crippen LogP contribution in [0.15, 0.2) is 11.6 Å². The molecule has 3 aliphatic rings. The van der Waals surface area contributed by atoms with Crippen LogP contribution in [0.1, 0.15) is 19.8 Å². The summed E-state index contributed by atoms with van der Waals surface area (Å²) in [7, 11) is 0. The summed E-state index contributed by atoms with van der Waals surface area (Å²) >= 11 is 0. The van der Waals surface area contributed by atoms with Crippen LogP contribution in [0.2, 0.25) is 0 Å². The molecule has 102 valence electrons. The molecule has 19 heavy (non-hydrogen) atoms. The molecule has 2 saturated heterocycles. The van der Waals surface area contributed by atoms with Gasteiger partial charge >= 0.3 is 17.9 Å². The van der Waals surface area contributed by atoms with Gasteiger partial charge in [-0.25, -0.2) is 4.79 Å². The van der Waals surface area contributed by atoms with Crippen LogP contribution in [-0.2, 0) is 28.9 Å². The quantitative estimate of drug-likeness (QED) is 0.302. The van der Waals surface area contributed by atoms with E-state index in [1.165, 1.54) is 0 Å². The normalized spacial score (nSPS) is 38.4. The lowest BCUT2D eigenvalue weighted by molar-refractivity contribution is -0.301. The molecule has 1 aliphatic carbocycles. The number of carbonyl (C=O) groups is 3. The molecule has 6 heteroatoms. The number of ether oxygens (including phenoxy) is 1. The molecule has 4 unspecified atom stereocenters. The molecule has 3 rings (SSSR count). The fraction of sp³-hybridized carbons (Fsp3) is 0.615. The van der Waals surface area contributed by atoms with Gasteiger partial charge < -0.3 is 4.74 Å². The van der Waals surface area contributed by atoms with Crippen molar-refractivity contribution >= 4 is 17.9 Å². The SMILES string of the molecule is CC1=CC(C2CC(=O)OC2=O)CC2C(=O)OOCC12. The molecule has 0 bridgehead atoms. The molecule has 0 spiro atoms. The third kappa shape index (κ3) is 2.06. The highest BCUT2D eigenvalue weighted by atomic mass is 17.2. The molecular formula is C13H14O6. The van der Waals surface area contributed by atoms with E-state index >= 15 is 0 Å². The summed E-state index contributed by atoms with van der Waals surface area (Å²) in [4.78, 5) is 43.9. The summed E-state index contributed by atoms with van der Waals surface area (Å²) < 4.78 is 4.58. The number of carbonyl (C=O) groups excluding carboxylic acids is 3. The topological polar surface area (TPSA) is 78.9 Å². The maximum Gasteiger partial charge on any atom is 0.346 e. The van der Waals surface area contributed by atoms with Crippen molar-refractivity contribution in [3.05, 3.63) is 11.6 Å². The molecule has 6 nitrogen and oxygen atoms in total. The van der Waals surface area contributed by atoms with Crippen LogP contribution < -0.4 is 0 Å². The monoisotopic (exact) mass is 266 g/mol. The van der Waals surface area contributed by atoms with Gasteiger partial charge in [-0.15, -0.1) is 0 Å². The summed E-state index contributed by atoms with van der Waals surface area (Å²) in [6, 6.07) is 0. The first kappa shape index (κ1) is 12.3. The van der Waals surface area contributed by atoms with E-state index < -0.39 is 23.8 Å². The zero-order valence-corrected chi connectivity index (χ0v) is 10.5. The second-order valence-corrected chi connectivity index (χ2v) is 5.31. The van der Waals surface area contributed by atoms with E-state index in [2.05, 4.69) is 9.62 Å². The highest BCUT2D eigenvalue weighted by Crippen LogP contribution is 2.41. The maximum absolute atomic E-state index is 11.7. The predicted octanol–water partition coefficient (Wildman–Crippen LogP) is 0.763. The predicted molar refractivity (Wildman–Crippen MR) is 60.1 cm³/mol.